The summed E-state index contributed by atoms with van der Waals surface area (Å²) in [5.41, 5.74) is 1.37. The summed E-state index contributed by atoms with van der Waals surface area (Å²) in [6.45, 7) is 0. The van der Waals surface area contributed by atoms with Gasteiger partial charge < -0.3 is 14.6 Å². The molecule has 0 spiro atoms. The molecule has 0 aromatic heterocycles. The van der Waals surface area contributed by atoms with Gasteiger partial charge in [-0.1, -0.05) is 29.8 Å². The molecule has 0 heterocycles. The molecule has 1 N–H and O–H groups in total. The van der Waals surface area contributed by atoms with E-state index in [2.05, 4.69) is 0 Å². The number of carboxylic acid groups (broad SMARTS) is 1. The second kappa shape index (κ2) is 7.18. The molecule has 4 nitrogen and oxygen atoms in total. The molecule has 0 aliphatic heterocycles. The van der Waals surface area contributed by atoms with Crippen LogP contribution in [0.5, 0.6) is 11.5 Å². The first kappa shape index (κ1) is 16.2. The molecule has 2 aromatic rings. The number of aliphatic carboxylic acids is 1. The maximum Gasteiger partial charge on any atom is 0.311 e. The van der Waals surface area contributed by atoms with Crippen LogP contribution in [0.1, 0.15) is 17.0 Å². The van der Waals surface area contributed by atoms with Gasteiger partial charge in [-0.2, -0.15) is 0 Å². The van der Waals surface area contributed by atoms with Gasteiger partial charge in [-0.25, -0.2) is 0 Å². The summed E-state index contributed by atoms with van der Waals surface area (Å²) in [5.74, 6) is -0.544. The predicted molar refractivity (Wildman–Crippen MR) is 85.1 cm³/mol. The Morgan fingerprint density at radius 3 is 2.45 bits per heavy atom. The third-order valence-corrected chi connectivity index (χ3v) is 3.72. The molecule has 22 heavy (non-hydrogen) atoms. The van der Waals surface area contributed by atoms with E-state index in [0.29, 0.717) is 22.1 Å². The highest BCUT2D eigenvalue weighted by Crippen LogP contribution is 2.34. The van der Waals surface area contributed by atoms with Crippen LogP contribution in [-0.4, -0.2) is 25.3 Å². The van der Waals surface area contributed by atoms with Crippen molar-refractivity contribution in [2.45, 2.75) is 12.3 Å². The van der Waals surface area contributed by atoms with Crippen LogP contribution in [0.4, 0.5) is 0 Å². The minimum atomic E-state index is -0.938. The van der Waals surface area contributed by atoms with E-state index in [1.165, 1.54) is 7.11 Å². The minimum Gasteiger partial charge on any atom is -0.496 e. The van der Waals surface area contributed by atoms with Crippen LogP contribution in [-0.2, 0) is 11.2 Å². The van der Waals surface area contributed by atoms with E-state index in [-0.39, 0.29) is 6.42 Å². The molecule has 0 aliphatic rings. The Morgan fingerprint density at radius 1 is 1.14 bits per heavy atom. The van der Waals surface area contributed by atoms with Gasteiger partial charge in [-0.3, -0.25) is 4.79 Å². The maximum atomic E-state index is 11.7. The molecule has 2 rings (SSSR count). The number of methoxy groups -OCH3 is 2. The van der Waals surface area contributed by atoms with Gasteiger partial charge in [0.15, 0.2) is 0 Å². The van der Waals surface area contributed by atoms with Crippen molar-refractivity contribution in [2.75, 3.05) is 14.2 Å². The van der Waals surface area contributed by atoms with Gasteiger partial charge in [-0.15, -0.1) is 0 Å². The minimum absolute atomic E-state index is 0.288. The summed E-state index contributed by atoms with van der Waals surface area (Å²) < 4.78 is 10.6. The van der Waals surface area contributed by atoms with E-state index < -0.39 is 11.9 Å². The Morgan fingerprint density at radius 2 is 1.82 bits per heavy atom. The quantitative estimate of drug-likeness (QED) is 0.880. The number of hydrogen-bond donors (Lipinski definition) is 1. The summed E-state index contributed by atoms with van der Waals surface area (Å²) in [6.07, 6.45) is 0.288. The molecule has 0 bridgehead atoms. The molecular weight excluding hydrogens is 304 g/mol. The number of carbonyl (C=O) groups is 1. The summed E-state index contributed by atoms with van der Waals surface area (Å²) in [5, 5.41) is 10.1. The second-order valence-corrected chi connectivity index (χ2v) is 5.23. The number of ether oxygens (including phenoxy) is 2. The molecule has 2 aromatic carbocycles. The molecule has 1 atom stereocenters. The molecule has 0 saturated heterocycles. The fourth-order valence-electron chi connectivity index (χ4n) is 2.40. The summed E-state index contributed by atoms with van der Waals surface area (Å²) in [4.78, 5) is 11.7. The van der Waals surface area contributed by atoms with Crippen molar-refractivity contribution >= 4 is 17.6 Å². The summed E-state index contributed by atoms with van der Waals surface area (Å²) in [7, 11) is 3.07. The highest BCUT2D eigenvalue weighted by Gasteiger charge is 2.25. The van der Waals surface area contributed by atoms with Crippen molar-refractivity contribution in [1.29, 1.82) is 0 Å². The van der Waals surface area contributed by atoms with Crippen LogP contribution in [0.15, 0.2) is 42.5 Å². The first-order valence-corrected chi connectivity index (χ1v) is 7.12. The Kier molecular flexibility index (Phi) is 5.28. The fourth-order valence-corrected chi connectivity index (χ4v) is 2.58. The number of para-hydroxylation sites is 1. The number of rotatable bonds is 6. The van der Waals surface area contributed by atoms with Gasteiger partial charge in [0.25, 0.3) is 0 Å². The Balaban J connectivity index is 2.43. The normalized spacial score (nSPS) is 11.8. The third-order valence-electron chi connectivity index (χ3n) is 3.48. The number of benzene rings is 2. The topological polar surface area (TPSA) is 55.8 Å². The molecule has 0 fully saturated rings. The average molecular weight is 321 g/mol. The van der Waals surface area contributed by atoms with Crippen LogP contribution in [0.2, 0.25) is 5.02 Å². The van der Waals surface area contributed by atoms with E-state index in [1.54, 1.807) is 25.3 Å². The SMILES string of the molecule is COc1ccccc1CC(C(=O)O)c1cc(Cl)ccc1OC. The first-order chi connectivity index (χ1) is 10.6. The van der Waals surface area contributed by atoms with Crippen molar-refractivity contribution < 1.29 is 19.4 Å². The Labute approximate surface area is 134 Å². The standard InChI is InChI=1S/C17H17ClO4/c1-21-15-6-4-3-5-11(15)9-14(17(19)20)13-10-12(18)7-8-16(13)22-2/h3-8,10,14H,9H2,1-2H3,(H,19,20). The lowest BCUT2D eigenvalue weighted by molar-refractivity contribution is -0.138. The average Bonchev–Trinajstić information content (AvgIpc) is 2.52. The van der Waals surface area contributed by atoms with Crippen molar-refractivity contribution in [2.24, 2.45) is 0 Å². The van der Waals surface area contributed by atoms with E-state index in [1.807, 2.05) is 24.3 Å². The number of halogens is 1. The fraction of sp³-hybridized carbons (Fsp3) is 0.235. The molecule has 1 unspecified atom stereocenters. The van der Waals surface area contributed by atoms with Gasteiger partial charge in [0.05, 0.1) is 20.1 Å². The molecule has 0 saturated carbocycles. The van der Waals surface area contributed by atoms with Gasteiger partial charge in [0, 0.05) is 10.6 Å². The van der Waals surface area contributed by atoms with Crippen molar-refractivity contribution in [3.05, 3.63) is 58.6 Å². The maximum absolute atomic E-state index is 11.7. The summed E-state index contributed by atoms with van der Waals surface area (Å²) in [6, 6.07) is 12.3. The lowest BCUT2D eigenvalue weighted by Crippen LogP contribution is -2.16. The highest BCUT2D eigenvalue weighted by molar-refractivity contribution is 6.30. The lowest BCUT2D eigenvalue weighted by atomic mass is 9.91. The third kappa shape index (κ3) is 3.52. The smallest absolute Gasteiger partial charge is 0.311 e. The van der Waals surface area contributed by atoms with Crippen LogP contribution in [0.25, 0.3) is 0 Å². The zero-order chi connectivity index (χ0) is 16.1. The van der Waals surface area contributed by atoms with E-state index in [4.69, 9.17) is 21.1 Å². The molecule has 0 radical (unpaired) electrons. The largest absolute Gasteiger partial charge is 0.496 e. The van der Waals surface area contributed by atoms with Crippen molar-refractivity contribution in [3.63, 3.8) is 0 Å². The molecular formula is C17H17ClO4. The van der Waals surface area contributed by atoms with Crippen LogP contribution in [0, 0.1) is 0 Å². The molecule has 116 valence electrons. The molecule has 5 heteroatoms. The molecule has 0 amide bonds. The van der Waals surface area contributed by atoms with E-state index in [9.17, 15) is 9.90 Å². The van der Waals surface area contributed by atoms with Crippen LogP contribution >= 0.6 is 11.6 Å². The second-order valence-electron chi connectivity index (χ2n) is 4.79. The monoisotopic (exact) mass is 320 g/mol. The Bertz CT molecular complexity index is 669. The summed E-state index contributed by atoms with van der Waals surface area (Å²) >= 11 is 6.01. The van der Waals surface area contributed by atoms with Crippen molar-refractivity contribution in [3.8, 4) is 11.5 Å². The number of carboxylic acids is 1. The molecule has 0 aliphatic carbocycles. The van der Waals surface area contributed by atoms with Gasteiger partial charge in [0.2, 0.25) is 0 Å². The van der Waals surface area contributed by atoms with Gasteiger partial charge >= 0.3 is 5.97 Å². The van der Waals surface area contributed by atoms with Crippen LogP contribution in [0.3, 0.4) is 0 Å². The number of hydrogen-bond acceptors (Lipinski definition) is 3. The zero-order valence-corrected chi connectivity index (χ0v) is 13.1. The predicted octanol–water partition coefficient (Wildman–Crippen LogP) is 3.77. The van der Waals surface area contributed by atoms with Gasteiger partial charge in [0.1, 0.15) is 11.5 Å². The first-order valence-electron chi connectivity index (χ1n) is 6.75. The van der Waals surface area contributed by atoms with Crippen LogP contribution < -0.4 is 9.47 Å². The van der Waals surface area contributed by atoms with Crippen molar-refractivity contribution in [1.82, 2.24) is 0 Å². The lowest BCUT2D eigenvalue weighted by Gasteiger charge is -2.18. The highest BCUT2D eigenvalue weighted by atomic mass is 35.5. The van der Waals surface area contributed by atoms with E-state index in [0.717, 1.165) is 5.56 Å². The van der Waals surface area contributed by atoms with E-state index >= 15 is 0 Å². The Hall–Kier alpha value is -2.20. The zero-order valence-electron chi connectivity index (χ0n) is 12.4. The van der Waals surface area contributed by atoms with Gasteiger partial charge in [-0.05, 0) is 36.2 Å².